The third kappa shape index (κ3) is 3.06. The molecular weight excluding hydrogens is 267 g/mol. The van der Waals surface area contributed by atoms with Crippen LogP contribution in [0.4, 0.5) is 10.1 Å². The zero-order valence-electron chi connectivity index (χ0n) is 11.0. The average molecular weight is 286 g/mol. The average Bonchev–Trinajstić information content (AvgIpc) is 2.37. The molecule has 0 spiro atoms. The zero-order chi connectivity index (χ0) is 14.0. The van der Waals surface area contributed by atoms with Crippen molar-refractivity contribution >= 4 is 15.7 Å². The molecule has 1 saturated carbocycles. The summed E-state index contributed by atoms with van der Waals surface area (Å²) in [5.74, 6) is -0.629. The van der Waals surface area contributed by atoms with Crippen molar-refractivity contribution in [3.63, 3.8) is 0 Å². The first-order valence-corrected chi connectivity index (χ1v) is 7.89. The first-order valence-electron chi connectivity index (χ1n) is 6.45. The van der Waals surface area contributed by atoms with Crippen LogP contribution in [0.5, 0.6) is 0 Å². The van der Waals surface area contributed by atoms with Gasteiger partial charge in [0.25, 0.3) is 0 Å². The number of sulfonamides is 1. The lowest BCUT2D eigenvalue weighted by atomic mass is 9.96. The lowest BCUT2D eigenvalue weighted by molar-refractivity contribution is 0.286. The molecule has 106 valence electrons. The highest BCUT2D eigenvalue weighted by atomic mass is 32.2. The molecule has 0 heterocycles. The molecule has 1 aromatic carbocycles. The summed E-state index contributed by atoms with van der Waals surface area (Å²) in [6.45, 7) is 0. The smallest absolute Gasteiger partial charge is 0.243 e. The summed E-state index contributed by atoms with van der Waals surface area (Å²) in [6, 6.07) is 3.44. The van der Waals surface area contributed by atoms with E-state index in [2.05, 4.69) is 0 Å². The van der Waals surface area contributed by atoms with Crippen LogP contribution in [0.25, 0.3) is 0 Å². The fourth-order valence-corrected chi connectivity index (χ4v) is 4.02. The van der Waals surface area contributed by atoms with Gasteiger partial charge in [-0.05, 0) is 31.0 Å². The standard InChI is InChI=1S/C13H19FN2O2S/c1-16(12-5-3-2-4-6-12)19(17,18)13-8-10(14)7-11(15)9-13/h7-9,12H,2-6,15H2,1H3. The summed E-state index contributed by atoms with van der Waals surface area (Å²) in [5, 5.41) is 0. The molecule has 19 heavy (non-hydrogen) atoms. The fraction of sp³-hybridized carbons (Fsp3) is 0.538. The molecule has 1 fully saturated rings. The molecule has 0 radical (unpaired) electrons. The maximum Gasteiger partial charge on any atom is 0.243 e. The van der Waals surface area contributed by atoms with Gasteiger partial charge in [-0.25, -0.2) is 12.8 Å². The van der Waals surface area contributed by atoms with Crippen LogP contribution >= 0.6 is 0 Å². The van der Waals surface area contributed by atoms with Gasteiger partial charge in [-0.1, -0.05) is 19.3 Å². The van der Waals surface area contributed by atoms with Crippen LogP contribution in [0.3, 0.4) is 0 Å². The van der Waals surface area contributed by atoms with E-state index in [-0.39, 0.29) is 16.6 Å². The molecule has 0 unspecified atom stereocenters. The highest BCUT2D eigenvalue weighted by Gasteiger charge is 2.29. The molecule has 0 saturated heterocycles. The highest BCUT2D eigenvalue weighted by molar-refractivity contribution is 7.89. The highest BCUT2D eigenvalue weighted by Crippen LogP contribution is 2.27. The van der Waals surface area contributed by atoms with Gasteiger partial charge in [-0.3, -0.25) is 0 Å². The molecule has 0 atom stereocenters. The Balaban J connectivity index is 2.30. The predicted molar refractivity (Wildman–Crippen MR) is 72.6 cm³/mol. The van der Waals surface area contributed by atoms with Gasteiger partial charge in [-0.2, -0.15) is 4.31 Å². The summed E-state index contributed by atoms with van der Waals surface area (Å²) in [5.41, 5.74) is 5.63. The molecule has 1 aliphatic rings. The Kier molecular flexibility index (Phi) is 4.10. The Hall–Kier alpha value is -1.14. The summed E-state index contributed by atoms with van der Waals surface area (Å²) in [6.07, 6.45) is 4.95. The minimum absolute atomic E-state index is 0.00300. The van der Waals surface area contributed by atoms with E-state index in [1.54, 1.807) is 7.05 Å². The predicted octanol–water partition coefficient (Wildman–Crippen LogP) is 2.36. The quantitative estimate of drug-likeness (QED) is 0.868. The van der Waals surface area contributed by atoms with Crippen molar-refractivity contribution in [1.29, 1.82) is 0 Å². The van der Waals surface area contributed by atoms with E-state index in [1.165, 1.54) is 10.4 Å². The van der Waals surface area contributed by atoms with Gasteiger partial charge < -0.3 is 5.73 Å². The SMILES string of the molecule is CN(C1CCCCC1)S(=O)(=O)c1cc(N)cc(F)c1. The molecule has 1 aromatic rings. The Bertz CT molecular complexity index is 534. The first-order chi connectivity index (χ1) is 8.91. The Morgan fingerprint density at radius 2 is 1.84 bits per heavy atom. The lowest BCUT2D eigenvalue weighted by Crippen LogP contribution is -2.38. The van der Waals surface area contributed by atoms with E-state index in [0.717, 1.165) is 44.2 Å². The number of benzene rings is 1. The Labute approximate surface area is 113 Å². The molecule has 0 aromatic heterocycles. The molecular formula is C13H19FN2O2S. The molecule has 0 aliphatic heterocycles. The van der Waals surface area contributed by atoms with E-state index in [9.17, 15) is 12.8 Å². The van der Waals surface area contributed by atoms with Gasteiger partial charge >= 0.3 is 0 Å². The van der Waals surface area contributed by atoms with Crippen LogP contribution in [-0.4, -0.2) is 25.8 Å². The summed E-state index contributed by atoms with van der Waals surface area (Å²) >= 11 is 0. The van der Waals surface area contributed by atoms with Crippen molar-refractivity contribution in [2.24, 2.45) is 0 Å². The third-order valence-corrected chi connectivity index (χ3v) is 5.55. The molecule has 2 rings (SSSR count). The van der Waals surface area contributed by atoms with Gasteiger partial charge in [0, 0.05) is 18.8 Å². The van der Waals surface area contributed by atoms with Crippen LogP contribution in [-0.2, 0) is 10.0 Å². The molecule has 1 aliphatic carbocycles. The molecule has 0 amide bonds. The van der Waals surface area contributed by atoms with E-state index in [0.29, 0.717) is 0 Å². The Morgan fingerprint density at radius 1 is 1.21 bits per heavy atom. The topological polar surface area (TPSA) is 63.4 Å². The number of hydrogen-bond acceptors (Lipinski definition) is 3. The van der Waals surface area contributed by atoms with Crippen LogP contribution in [0, 0.1) is 5.82 Å². The summed E-state index contributed by atoms with van der Waals surface area (Å²) in [4.78, 5) is -0.0712. The second-order valence-corrected chi connectivity index (χ2v) is 7.03. The van der Waals surface area contributed by atoms with Gasteiger partial charge in [0.15, 0.2) is 0 Å². The van der Waals surface area contributed by atoms with Gasteiger partial charge in [-0.15, -0.1) is 0 Å². The van der Waals surface area contributed by atoms with Crippen molar-refractivity contribution < 1.29 is 12.8 Å². The normalized spacial score (nSPS) is 17.8. The zero-order valence-corrected chi connectivity index (χ0v) is 11.8. The number of nitrogen functional groups attached to an aromatic ring is 1. The van der Waals surface area contributed by atoms with E-state index in [1.807, 2.05) is 0 Å². The van der Waals surface area contributed by atoms with Crippen molar-refractivity contribution in [2.45, 2.75) is 43.0 Å². The van der Waals surface area contributed by atoms with Crippen molar-refractivity contribution in [3.8, 4) is 0 Å². The van der Waals surface area contributed by atoms with E-state index >= 15 is 0 Å². The maximum absolute atomic E-state index is 13.3. The van der Waals surface area contributed by atoms with Gasteiger partial charge in [0.1, 0.15) is 5.82 Å². The van der Waals surface area contributed by atoms with Gasteiger partial charge in [0.05, 0.1) is 4.90 Å². The van der Waals surface area contributed by atoms with Gasteiger partial charge in [0.2, 0.25) is 10.0 Å². The Morgan fingerprint density at radius 3 is 2.42 bits per heavy atom. The van der Waals surface area contributed by atoms with E-state index < -0.39 is 15.8 Å². The maximum atomic E-state index is 13.3. The number of rotatable bonds is 3. The first kappa shape index (κ1) is 14.3. The molecule has 6 heteroatoms. The number of nitrogens with two attached hydrogens (primary N) is 1. The summed E-state index contributed by atoms with van der Waals surface area (Å²) in [7, 11) is -2.11. The fourth-order valence-electron chi connectivity index (χ4n) is 2.54. The molecule has 2 N–H and O–H groups in total. The van der Waals surface area contributed by atoms with Crippen LogP contribution in [0.2, 0.25) is 0 Å². The lowest BCUT2D eigenvalue weighted by Gasteiger charge is -2.30. The third-order valence-electron chi connectivity index (χ3n) is 3.66. The number of hydrogen-bond donors (Lipinski definition) is 1. The van der Waals surface area contributed by atoms with Crippen molar-refractivity contribution in [2.75, 3.05) is 12.8 Å². The monoisotopic (exact) mass is 286 g/mol. The number of anilines is 1. The summed E-state index contributed by atoms with van der Waals surface area (Å²) < 4.78 is 39.5. The number of nitrogens with zero attached hydrogens (tertiary/aromatic N) is 1. The minimum Gasteiger partial charge on any atom is -0.399 e. The second kappa shape index (κ2) is 5.46. The molecule has 4 nitrogen and oxygen atoms in total. The van der Waals surface area contributed by atoms with Crippen LogP contribution < -0.4 is 5.73 Å². The van der Waals surface area contributed by atoms with Crippen LogP contribution in [0.15, 0.2) is 23.1 Å². The van der Waals surface area contributed by atoms with Crippen LogP contribution in [0.1, 0.15) is 32.1 Å². The van der Waals surface area contributed by atoms with Crippen molar-refractivity contribution in [3.05, 3.63) is 24.0 Å². The van der Waals surface area contributed by atoms with Crippen molar-refractivity contribution in [1.82, 2.24) is 4.31 Å². The van der Waals surface area contributed by atoms with E-state index in [4.69, 9.17) is 5.73 Å². The molecule has 0 bridgehead atoms. The largest absolute Gasteiger partial charge is 0.399 e. The minimum atomic E-state index is -3.67. The second-order valence-electron chi connectivity index (χ2n) is 5.03. The number of halogens is 1.